The summed E-state index contributed by atoms with van der Waals surface area (Å²) in [5.41, 5.74) is 2.23. The fourth-order valence-corrected chi connectivity index (χ4v) is 5.00. The third-order valence-electron chi connectivity index (χ3n) is 4.90. The predicted octanol–water partition coefficient (Wildman–Crippen LogP) is 6.78. The van der Waals surface area contributed by atoms with Gasteiger partial charge in [-0.3, -0.25) is 24.6 Å². The van der Waals surface area contributed by atoms with Gasteiger partial charge in [-0.2, -0.15) is 0 Å². The van der Waals surface area contributed by atoms with Gasteiger partial charge in [-0.05, 0) is 81.4 Å². The molecule has 0 N–H and O–H groups in total. The molecule has 0 spiro atoms. The average molecular weight is 651 g/mol. The van der Waals surface area contributed by atoms with Gasteiger partial charge < -0.3 is 4.74 Å². The molecule has 1 aliphatic heterocycles. The van der Waals surface area contributed by atoms with Gasteiger partial charge in [-0.15, -0.1) is 0 Å². The van der Waals surface area contributed by atoms with Crippen molar-refractivity contribution >= 4 is 73.2 Å². The molecule has 7 nitrogen and oxygen atoms in total. The van der Waals surface area contributed by atoms with Crippen LogP contribution in [0, 0.1) is 13.7 Å². The highest BCUT2D eigenvalue weighted by atomic mass is 127. The van der Waals surface area contributed by atoms with Crippen LogP contribution in [-0.4, -0.2) is 21.0 Å². The largest absolute Gasteiger partial charge is 0.488 e. The van der Waals surface area contributed by atoms with Gasteiger partial charge in [0.05, 0.1) is 19.9 Å². The summed E-state index contributed by atoms with van der Waals surface area (Å²) in [7, 11) is 0. The van der Waals surface area contributed by atoms with Crippen LogP contribution in [0.4, 0.5) is 10.5 Å². The SMILES string of the molecule is O=C1S/C(=C/c2ccc(OCc3ccc(Br)cc3)c(I)c2)C(=O)N1Cc1cccc([N+](=O)[O-])c1. The lowest BCUT2D eigenvalue weighted by Crippen LogP contribution is -2.27. The molecule has 0 aliphatic carbocycles. The number of carbonyl (C=O) groups is 2. The minimum atomic E-state index is -0.509. The first-order chi connectivity index (χ1) is 16.3. The molecular formula is C24H16BrIN2O5S. The molecule has 10 heteroatoms. The summed E-state index contributed by atoms with van der Waals surface area (Å²) >= 11 is 6.43. The minimum Gasteiger partial charge on any atom is -0.488 e. The fourth-order valence-electron chi connectivity index (χ4n) is 3.20. The molecule has 0 bridgehead atoms. The first kappa shape index (κ1) is 24.4. The number of hydrogen-bond donors (Lipinski definition) is 0. The van der Waals surface area contributed by atoms with Crippen molar-refractivity contribution in [3.05, 3.63) is 106 Å². The molecule has 0 unspecified atom stereocenters. The van der Waals surface area contributed by atoms with Crippen LogP contribution in [-0.2, 0) is 17.9 Å². The van der Waals surface area contributed by atoms with E-state index in [1.54, 1.807) is 12.1 Å². The van der Waals surface area contributed by atoms with Crippen LogP contribution < -0.4 is 4.74 Å². The quantitative estimate of drug-likeness (QED) is 0.121. The van der Waals surface area contributed by atoms with Crippen molar-refractivity contribution < 1.29 is 19.2 Å². The van der Waals surface area contributed by atoms with Gasteiger partial charge in [0, 0.05) is 16.6 Å². The van der Waals surface area contributed by atoms with Gasteiger partial charge in [0.15, 0.2) is 0 Å². The first-order valence-electron chi connectivity index (χ1n) is 9.95. The molecular weight excluding hydrogens is 635 g/mol. The van der Waals surface area contributed by atoms with Gasteiger partial charge in [0.25, 0.3) is 16.8 Å². The van der Waals surface area contributed by atoms with E-state index in [-0.39, 0.29) is 12.2 Å². The van der Waals surface area contributed by atoms with Gasteiger partial charge in [-0.25, -0.2) is 0 Å². The zero-order chi connectivity index (χ0) is 24.2. The number of nitro benzene ring substituents is 1. The summed E-state index contributed by atoms with van der Waals surface area (Å²) in [6.45, 7) is 0.406. The molecule has 1 heterocycles. The van der Waals surface area contributed by atoms with E-state index in [2.05, 4.69) is 38.5 Å². The van der Waals surface area contributed by atoms with E-state index in [9.17, 15) is 19.7 Å². The average Bonchev–Trinajstić information content (AvgIpc) is 3.07. The third kappa shape index (κ3) is 5.86. The number of benzene rings is 3. The molecule has 3 aromatic carbocycles. The van der Waals surface area contributed by atoms with E-state index < -0.39 is 16.1 Å². The van der Waals surface area contributed by atoms with Crippen molar-refractivity contribution in [3.8, 4) is 5.75 Å². The highest BCUT2D eigenvalue weighted by molar-refractivity contribution is 14.1. The van der Waals surface area contributed by atoms with Crippen molar-refractivity contribution in [2.24, 2.45) is 0 Å². The topological polar surface area (TPSA) is 89.8 Å². The van der Waals surface area contributed by atoms with E-state index in [4.69, 9.17) is 4.74 Å². The standard InChI is InChI=1S/C24H16BrIN2O5S/c25-18-7-4-15(5-8-18)14-33-21-9-6-16(11-20(21)26)12-22-23(29)27(24(30)34-22)13-17-2-1-3-19(10-17)28(31)32/h1-12H,13-14H2/b22-12+. The number of carbonyl (C=O) groups excluding carboxylic acids is 2. The molecule has 0 saturated carbocycles. The van der Waals surface area contributed by atoms with Crippen molar-refractivity contribution in [2.45, 2.75) is 13.2 Å². The Bertz CT molecular complexity index is 1310. The van der Waals surface area contributed by atoms with E-state index in [1.165, 1.54) is 18.2 Å². The van der Waals surface area contributed by atoms with E-state index in [1.807, 2.05) is 42.5 Å². The van der Waals surface area contributed by atoms with Crippen molar-refractivity contribution in [1.82, 2.24) is 4.90 Å². The number of thioether (sulfide) groups is 1. The molecule has 4 rings (SSSR count). The van der Waals surface area contributed by atoms with Crippen molar-refractivity contribution in [2.75, 3.05) is 0 Å². The summed E-state index contributed by atoms with van der Waals surface area (Å²) in [6.07, 6.45) is 1.67. The van der Waals surface area contributed by atoms with Gasteiger partial charge >= 0.3 is 0 Å². The predicted molar refractivity (Wildman–Crippen MR) is 142 cm³/mol. The van der Waals surface area contributed by atoms with Crippen LogP contribution in [0.3, 0.4) is 0 Å². The lowest BCUT2D eigenvalue weighted by molar-refractivity contribution is -0.384. The Labute approximate surface area is 221 Å². The van der Waals surface area contributed by atoms with Crippen LogP contribution in [0.5, 0.6) is 5.75 Å². The molecule has 0 aromatic heterocycles. The molecule has 1 aliphatic rings. The van der Waals surface area contributed by atoms with Crippen LogP contribution in [0.1, 0.15) is 16.7 Å². The zero-order valence-corrected chi connectivity index (χ0v) is 22.0. The lowest BCUT2D eigenvalue weighted by Gasteiger charge is -2.12. The Morgan fingerprint density at radius 2 is 1.82 bits per heavy atom. The van der Waals surface area contributed by atoms with Gasteiger partial charge in [0.1, 0.15) is 12.4 Å². The summed E-state index contributed by atoms with van der Waals surface area (Å²) in [5, 5.41) is 10.6. The molecule has 1 saturated heterocycles. The summed E-state index contributed by atoms with van der Waals surface area (Å²) in [6, 6.07) is 19.3. The molecule has 0 atom stereocenters. The number of ether oxygens (including phenoxy) is 1. The Morgan fingerprint density at radius 1 is 1.06 bits per heavy atom. The Balaban J connectivity index is 1.45. The zero-order valence-electron chi connectivity index (χ0n) is 17.4. The third-order valence-corrected chi connectivity index (χ3v) is 7.18. The number of non-ortho nitro benzene ring substituents is 1. The summed E-state index contributed by atoms with van der Waals surface area (Å²) < 4.78 is 7.79. The fraction of sp³-hybridized carbons (Fsp3) is 0.0833. The normalized spacial score (nSPS) is 14.6. The second-order valence-corrected chi connectivity index (χ2v) is 10.4. The number of nitrogens with zero attached hydrogens (tertiary/aromatic N) is 2. The van der Waals surface area contributed by atoms with E-state index >= 15 is 0 Å². The van der Waals surface area contributed by atoms with Gasteiger partial charge in [0.2, 0.25) is 0 Å². The molecule has 172 valence electrons. The number of rotatable bonds is 7. The van der Waals surface area contributed by atoms with Crippen LogP contribution in [0.2, 0.25) is 0 Å². The van der Waals surface area contributed by atoms with Crippen LogP contribution >= 0.6 is 50.3 Å². The van der Waals surface area contributed by atoms with Gasteiger partial charge in [-0.1, -0.05) is 46.3 Å². The molecule has 3 aromatic rings. The Hall–Kier alpha value is -2.70. The first-order valence-corrected chi connectivity index (χ1v) is 12.6. The maximum absolute atomic E-state index is 12.8. The summed E-state index contributed by atoms with van der Waals surface area (Å²) in [5.74, 6) is 0.298. The number of halogens is 2. The second-order valence-electron chi connectivity index (χ2n) is 7.30. The van der Waals surface area contributed by atoms with E-state index in [0.717, 1.165) is 41.6 Å². The number of nitro groups is 1. The highest BCUT2D eigenvalue weighted by Gasteiger charge is 2.35. The van der Waals surface area contributed by atoms with Crippen LogP contribution in [0.15, 0.2) is 76.1 Å². The molecule has 0 radical (unpaired) electrons. The number of amides is 2. The van der Waals surface area contributed by atoms with Crippen molar-refractivity contribution in [3.63, 3.8) is 0 Å². The maximum Gasteiger partial charge on any atom is 0.293 e. The van der Waals surface area contributed by atoms with Crippen molar-refractivity contribution in [1.29, 1.82) is 0 Å². The van der Waals surface area contributed by atoms with Crippen LogP contribution in [0.25, 0.3) is 6.08 Å². The Kier molecular flexibility index (Phi) is 7.69. The summed E-state index contributed by atoms with van der Waals surface area (Å²) in [4.78, 5) is 37.1. The Morgan fingerprint density at radius 3 is 2.53 bits per heavy atom. The monoisotopic (exact) mass is 650 g/mol. The second kappa shape index (κ2) is 10.7. The minimum absolute atomic E-state index is 0.0238. The molecule has 2 amide bonds. The molecule has 1 fully saturated rings. The number of imide groups is 1. The molecule has 34 heavy (non-hydrogen) atoms. The smallest absolute Gasteiger partial charge is 0.293 e. The maximum atomic E-state index is 12.8. The highest BCUT2D eigenvalue weighted by Crippen LogP contribution is 2.34. The van der Waals surface area contributed by atoms with E-state index in [0.29, 0.717) is 17.1 Å². The lowest BCUT2D eigenvalue weighted by atomic mass is 10.1. The number of hydrogen-bond acceptors (Lipinski definition) is 6.